The van der Waals surface area contributed by atoms with Crippen molar-refractivity contribution in [3.05, 3.63) is 28.2 Å². The van der Waals surface area contributed by atoms with Crippen LogP contribution in [0.2, 0.25) is 0 Å². The molecule has 1 heterocycles. The minimum atomic E-state index is -0.578. The van der Waals surface area contributed by atoms with Gasteiger partial charge in [0.2, 0.25) is 0 Å². The standard InChI is InChI=1S/C11H15NO5/c1-4-17-11(14)8-5-6-12(7-15-2)10(13)9(8)16-3/h5-6H,4,7H2,1-3H3. The van der Waals surface area contributed by atoms with Crippen LogP contribution in [0, 0.1) is 0 Å². The minimum Gasteiger partial charge on any atom is -0.490 e. The van der Waals surface area contributed by atoms with Gasteiger partial charge < -0.3 is 14.2 Å². The molecule has 0 saturated heterocycles. The van der Waals surface area contributed by atoms with E-state index >= 15 is 0 Å². The summed E-state index contributed by atoms with van der Waals surface area (Å²) in [5.74, 6) is -0.617. The molecule has 6 heteroatoms. The number of esters is 1. The first-order chi connectivity index (χ1) is 8.15. The fourth-order valence-electron chi connectivity index (χ4n) is 1.36. The van der Waals surface area contributed by atoms with Crippen molar-refractivity contribution in [2.24, 2.45) is 0 Å². The Balaban J connectivity index is 3.21. The van der Waals surface area contributed by atoms with Crippen molar-refractivity contribution in [3.8, 4) is 5.75 Å². The number of hydrogen-bond acceptors (Lipinski definition) is 5. The van der Waals surface area contributed by atoms with Crippen molar-refractivity contribution in [3.63, 3.8) is 0 Å². The second-order valence-corrected chi connectivity index (χ2v) is 3.18. The maximum Gasteiger partial charge on any atom is 0.342 e. The molecule has 94 valence electrons. The third kappa shape index (κ3) is 2.85. The molecule has 0 aromatic carbocycles. The number of ether oxygens (including phenoxy) is 3. The number of rotatable bonds is 5. The summed E-state index contributed by atoms with van der Waals surface area (Å²) in [4.78, 5) is 23.4. The topological polar surface area (TPSA) is 66.8 Å². The summed E-state index contributed by atoms with van der Waals surface area (Å²) < 4.78 is 15.9. The highest BCUT2D eigenvalue weighted by atomic mass is 16.5. The van der Waals surface area contributed by atoms with E-state index in [0.29, 0.717) is 0 Å². The van der Waals surface area contributed by atoms with Crippen molar-refractivity contribution in [1.82, 2.24) is 4.57 Å². The molecule has 0 N–H and O–H groups in total. The van der Waals surface area contributed by atoms with Crippen LogP contribution in [0.5, 0.6) is 5.75 Å². The minimum absolute atomic E-state index is 0.0389. The van der Waals surface area contributed by atoms with E-state index in [0.717, 1.165) is 0 Å². The van der Waals surface area contributed by atoms with E-state index in [1.54, 1.807) is 6.92 Å². The van der Waals surface area contributed by atoms with Crippen LogP contribution < -0.4 is 10.3 Å². The molecule has 1 rings (SSSR count). The Morgan fingerprint density at radius 1 is 1.41 bits per heavy atom. The average Bonchev–Trinajstić information content (AvgIpc) is 2.32. The molecular weight excluding hydrogens is 226 g/mol. The zero-order valence-electron chi connectivity index (χ0n) is 10.1. The zero-order chi connectivity index (χ0) is 12.8. The second-order valence-electron chi connectivity index (χ2n) is 3.18. The monoisotopic (exact) mass is 241 g/mol. The fourth-order valence-corrected chi connectivity index (χ4v) is 1.36. The van der Waals surface area contributed by atoms with E-state index in [1.165, 1.54) is 31.0 Å². The summed E-state index contributed by atoms with van der Waals surface area (Å²) in [6.07, 6.45) is 1.46. The van der Waals surface area contributed by atoms with Gasteiger partial charge in [0, 0.05) is 13.3 Å². The fraction of sp³-hybridized carbons (Fsp3) is 0.455. The summed E-state index contributed by atoms with van der Waals surface area (Å²) in [6.45, 7) is 2.03. The Kier molecular flexibility index (Phi) is 4.71. The number of hydrogen-bond donors (Lipinski definition) is 0. The van der Waals surface area contributed by atoms with Gasteiger partial charge in [0.25, 0.3) is 5.56 Å². The van der Waals surface area contributed by atoms with Gasteiger partial charge >= 0.3 is 5.97 Å². The number of pyridine rings is 1. The SMILES string of the molecule is CCOC(=O)c1ccn(COC)c(=O)c1OC. The highest BCUT2D eigenvalue weighted by Crippen LogP contribution is 2.13. The second kappa shape index (κ2) is 6.05. The number of aromatic nitrogens is 1. The molecule has 0 fully saturated rings. The van der Waals surface area contributed by atoms with Crippen LogP contribution in [0.1, 0.15) is 17.3 Å². The molecule has 1 aromatic heterocycles. The Morgan fingerprint density at radius 2 is 2.12 bits per heavy atom. The summed E-state index contributed by atoms with van der Waals surface area (Å²) >= 11 is 0. The molecule has 0 atom stereocenters. The van der Waals surface area contributed by atoms with Crippen LogP contribution in [0.15, 0.2) is 17.1 Å². The van der Waals surface area contributed by atoms with Gasteiger partial charge in [-0.1, -0.05) is 0 Å². The molecule has 0 spiro atoms. The highest BCUT2D eigenvalue weighted by Gasteiger charge is 2.17. The van der Waals surface area contributed by atoms with Crippen LogP contribution in [-0.2, 0) is 16.2 Å². The first-order valence-corrected chi connectivity index (χ1v) is 5.09. The molecule has 1 aromatic rings. The van der Waals surface area contributed by atoms with E-state index in [-0.39, 0.29) is 24.7 Å². The molecule has 0 amide bonds. The van der Waals surface area contributed by atoms with Gasteiger partial charge in [0.15, 0.2) is 5.75 Å². The number of methoxy groups -OCH3 is 2. The van der Waals surface area contributed by atoms with Crippen molar-refractivity contribution in [2.75, 3.05) is 20.8 Å². The Morgan fingerprint density at radius 3 is 2.65 bits per heavy atom. The first-order valence-electron chi connectivity index (χ1n) is 5.09. The zero-order valence-corrected chi connectivity index (χ0v) is 10.1. The van der Waals surface area contributed by atoms with Gasteiger partial charge in [-0.05, 0) is 13.0 Å². The lowest BCUT2D eigenvalue weighted by Crippen LogP contribution is -2.24. The van der Waals surface area contributed by atoms with Crippen molar-refractivity contribution in [1.29, 1.82) is 0 Å². The van der Waals surface area contributed by atoms with Crippen LogP contribution in [-0.4, -0.2) is 31.4 Å². The van der Waals surface area contributed by atoms with Crippen LogP contribution in [0.3, 0.4) is 0 Å². The van der Waals surface area contributed by atoms with E-state index in [9.17, 15) is 9.59 Å². The third-order valence-electron chi connectivity index (χ3n) is 2.09. The molecule has 0 aliphatic heterocycles. The average molecular weight is 241 g/mol. The molecule has 0 aliphatic rings. The summed E-state index contributed by atoms with van der Waals surface area (Å²) in [7, 11) is 2.80. The quantitative estimate of drug-likeness (QED) is 0.707. The molecule has 0 aliphatic carbocycles. The van der Waals surface area contributed by atoms with Gasteiger partial charge in [0.05, 0.1) is 13.7 Å². The number of carbonyl (C=O) groups is 1. The van der Waals surface area contributed by atoms with Crippen molar-refractivity contribution < 1.29 is 19.0 Å². The first kappa shape index (κ1) is 13.2. The van der Waals surface area contributed by atoms with Gasteiger partial charge in [-0.3, -0.25) is 9.36 Å². The lowest BCUT2D eigenvalue weighted by molar-refractivity contribution is 0.0521. The molecule has 0 bridgehead atoms. The molecule has 17 heavy (non-hydrogen) atoms. The molecular formula is C11H15NO5. The van der Waals surface area contributed by atoms with Crippen LogP contribution in [0.4, 0.5) is 0 Å². The van der Waals surface area contributed by atoms with E-state index in [2.05, 4.69) is 0 Å². The van der Waals surface area contributed by atoms with Crippen LogP contribution >= 0.6 is 0 Å². The van der Waals surface area contributed by atoms with Gasteiger partial charge in [-0.15, -0.1) is 0 Å². The largest absolute Gasteiger partial charge is 0.490 e. The summed E-state index contributed by atoms with van der Waals surface area (Å²) in [5, 5.41) is 0. The molecule has 0 saturated carbocycles. The van der Waals surface area contributed by atoms with Gasteiger partial charge in [0.1, 0.15) is 12.3 Å². The maximum atomic E-state index is 11.9. The van der Waals surface area contributed by atoms with E-state index in [4.69, 9.17) is 14.2 Å². The third-order valence-corrected chi connectivity index (χ3v) is 2.09. The van der Waals surface area contributed by atoms with Gasteiger partial charge in [-0.2, -0.15) is 0 Å². The lowest BCUT2D eigenvalue weighted by Gasteiger charge is -2.10. The molecule has 0 unspecified atom stereocenters. The predicted octanol–water partition coefficient (Wildman–Crippen LogP) is 0.637. The van der Waals surface area contributed by atoms with Gasteiger partial charge in [-0.25, -0.2) is 4.79 Å². The van der Waals surface area contributed by atoms with Crippen molar-refractivity contribution in [2.45, 2.75) is 13.7 Å². The Hall–Kier alpha value is -1.82. The Bertz CT molecular complexity index is 452. The smallest absolute Gasteiger partial charge is 0.342 e. The maximum absolute atomic E-state index is 11.9. The summed E-state index contributed by atoms with van der Waals surface area (Å²) in [6, 6.07) is 1.47. The normalized spacial score (nSPS) is 10.1. The van der Waals surface area contributed by atoms with E-state index < -0.39 is 11.5 Å². The van der Waals surface area contributed by atoms with E-state index in [1.807, 2.05) is 0 Å². The molecule has 6 nitrogen and oxygen atoms in total. The number of nitrogens with zero attached hydrogens (tertiary/aromatic N) is 1. The lowest BCUT2D eigenvalue weighted by atomic mass is 10.2. The van der Waals surface area contributed by atoms with Crippen LogP contribution in [0.25, 0.3) is 0 Å². The van der Waals surface area contributed by atoms with Crippen molar-refractivity contribution >= 4 is 5.97 Å². The Labute approximate surface area is 98.7 Å². The number of carbonyl (C=O) groups excluding carboxylic acids is 1. The summed E-state index contributed by atoms with van der Waals surface area (Å²) in [5.41, 5.74) is -0.313. The predicted molar refractivity (Wildman–Crippen MR) is 60.2 cm³/mol. The molecule has 0 radical (unpaired) electrons. The highest BCUT2D eigenvalue weighted by molar-refractivity contribution is 5.92.